The number of ether oxygens (including phenoxy) is 3. The number of benzene rings is 2. The van der Waals surface area contributed by atoms with Crippen molar-refractivity contribution in [2.75, 3.05) is 45.5 Å². The molecule has 152 valence electrons. The maximum absolute atomic E-state index is 13.0. The summed E-state index contributed by atoms with van der Waals surface area (Å²) in [5.41, 5.74) is 0.800. The number of rotatable bonds is 8. The van der Waals surface area contributed by atoms with E-state index < -0.39 is 0 Å². The zero-order valence-electron chi connectivity index (χ0n) is 16.5. The highest BCUT2D eigenvalue weighted by molar-refractivity contribution is 7.22. The molecule has 3 aromatic rings. The Morgan fingerprint density at radius 3 is 2.72 bits per heavy atom. The van der Waals surface area contributed by atoms with Crippen molar-refractivity contribution in [2.24, 2.45) is 0 Å². The van der Waals surface area contributed by atoms with Gasteiger partial charge in [0.15, 0.2) is 23.2 Å². The fraction of sp³-hybridized carbons (Fsp3) is 0.333. The Hall–Kier alpha value is -2.84. The van der Waals surface area contributed by atoms with Crippen LogP contribution in [-0.2, 0) is 4.79 Å². The molecule has 1 amide bonds. The molecule has 1 N–H and O–H groups in total. The van der Waals surface area contributed by atoms with Gasteiger partial charge in [-0.15, -0.1) is 0 Å². The van der Waals surface area contributed by atoms with E-state index in [9.17, 15) is 4.79 Å². The molecule has 0 radical (unpaired) electrons. The number of carbonyl (C=O) groups excluding carboxylic acids is 1. The van der Waals surface area contributed by atoms with Crippen LogP contribution in [0.3, 0.4) is 0 Å². The van der Waals surface area contributed by atoms with E-state index in [2.05, 4.69) is 14.1 Å². The highest BCUT2D eigenvalue weighted by Gasteiger charge is 2.23. The molecule has 0 saturated carbocycles. The van der Waals surface area contributed by atoms with Gasteiger partial charge < -0.3 is 19.1 Å². The van der Waals surface area contributed by atoms with E-state index in [0.29, 0.717) is 28.9 Å². The third-order valence-corrected chi connectivity index (χ3v) is 5.61. The van der Waals surface area contributed by atoms with Crippen LogP contribution in [0.15, 0.2) is 42.5 Å². The molecule has 1 aliphatic rings. The van der Waals surface area contributed by atoms with Gasteiger partial charge in [0.25, 0.3) is 5.91 Å². The third kappa shape index (κ3) is 4.60. The molecule has 29 heavy (non-hydrogen) atoms. The Balaban J connectivity index is 1.54. The van der Waals surface area contributed by atoms with E-state index in [-0.39, 0.29) is 19.3 Å². The quantitative estimate of drug-likeness (QED) is 0.611. The number of carbonyl (C=O) groups is 1. The van der Waals surface area contributed by atoms with Crippen molar-refractivity contribution >= 4 is 32.6 Å². The average molecular weight is 415 g/mol. The van der Waals surface area contributed by atoms with Crippen molar-refractivity contribution in [2.45, 2.75) is 6.42 Å². The van der Waals surface area contributed by atoms with Crippen LogP contribution >= 0.6 is 11.3 Å². The Morgan fingerprint density at radius 2 is 1.97 bits per heavy atom. The molecule has 0 aliphatic carbocycles. The van der Waals surface area contributed by atoms with E-state index in [4.69, 9.17) is 19.2 Å². The van der Waals surface area contributed by atoms with Crippen molar-refractivity contribution in [1.29, 1.82) is 0 Å². The van der Waals surface area contributed by atoms with Crippen molar-refractivity contribution in [3.05, 3.63) is 42.5 Å². The number of nitrogens with one attached hydrogen (secondary N) is 1. The lowest BCUT2D eigenvalue weighted by Gasteiger charge is -2.20. The van der Waals surface area contributed by atoms with Gasteiger partial charge in [-0.05, 0) is 12.1 Å². The van der Waals surface area contributed by atoms with Gasteiger partial charge >= 0.3 is 0 Å². The summed E-state index contributed by atoms with van der Waals surface area (Å²) in [5, 5.41) is 0.666. The summed E-state index contributed by atoms with van der Waals surface area (Å²) in [6.45, 7) is 1.75. The van der Waals surface area contributed by atoms with E-state index in [1.165, 1.54) is 16.2 Å². The topological polar surface area (TPSA) is 65.3 Å². The SMILES string of the molecule is C[NH+](C)CCCN(C(=O)COc1ccccc1)c1nc2cc3c(cc2s1)OCO3. The maximum Gasteiger partial charge on any atom is 0.266 e. The number of aromatic nitrogens is 1. The number of quaternary nitrogens is 1. The number of thiazole rings is 1. The molecule has 0 atom stereocenters. The number of hydrogen-bond acceptors (Lipinski definition) is 6. The first-order valence-corrected chi connectivity index (χ1v) is 10.4. The van der Waals surface area contributed by atoms with Crippen molar-refractivity contribution in [3.8, 4) is 17.2 Å². The summed E-state index contributed by atoms with van der Waals surface area (Å²) in [5.74, 6) is 1.97. The fourth-order valence-electron chi connectivity index (χ4n) is 3.08. The molecule has 4 rings (SSSR count). The summed E-state index contributed by atoms with van der Waals surface area (Å²) < 4.78 is 17.5. The summed E-state index contributed by atoms with van der Waals surface area (Å²) in [6, 6.07) is 13.1. The third-order valence-electron chi connectivity index (χ3n) is 4.57. The van der Waals surface area contributed by atoms with E-state index in [0.717, 1.165) is 23.2 Å². The standard InChI is InChI=1S/C21H23N3O4S/c1-23(2)9-6-10-24(20(25)13-26-15-7-4-3-5-8-15)21-22-16-11-17-18(28-14-27-17)12-19(16)29-21/h3-5,7-8,11-12H,6,9-10,13-14H2,1-2H3/p+1. The normalized spacial score (nSPS) is 12.5. The minimum atomic E-state index is -0.110. The minimum Gasteiger partial charge on any atom is -0.484 e. The molecule has 7 nitrogen and oxygen atoms in total. The number of amides is 1. The molecule has 1 aromatic heterocycles. The predicted molar refractivity (Wildman–Crippen MR) is 112 cm³/mol. The number of hydrogen-bond donors (Lipinski definition) is 1. The van der Waals surface area contributed by atoms with E-state index >= 15 is 0 Å². The van der Waals surface area contributed by atoms with Crippen LogP contribution in [0, 0.1) is 0 Å². The van der Waals surface area contributed by atoms with Crippen LogP contribution in [0.4, 0.5) is 5.13 Å². The van der Waals surface area contributed by atoms with Gasteiger partial charge in [0.05, 0.1) is 30.9 Å². The second kappa shape index (κ2) is 8.67. The van der Waals surface area contributed by atoms with Crippen molar-refractivity contribution < 1.29 is 23.9 Å². The molecular formula is C21H24N3O4S+. The van der Waals surface area contributed by atoms with Crippen LogP contribution in [-0.4, -0.2) is 51.5 Å². The molecular weight excluding hydrogens is 390 g/mol. The monoisotopic (exact) mass is 414 g/mol. The molecule has 0 bridgehead atoms. The van der Waals surface area contributed by atoms with E-state index in [1.54, 1.807) is 4.90 Å². The van der Waals surface area contributed by atoms with Gasteiger partial charge in [-0.2, -0.15) is 0 Å². The van der Waals surface area contributed by atoms with Crippen molar-refractivity contribution in [3.63, 3.8) is 0 Å². The van der Waals surface area contributed by atoms with Gasteiger partial charge in [-0.3, -0.25) is 9.69 Å². The minimum absolute atomic E-state index is 0.0303. The van der Waals surface area contributed by atoms with Crippen LogP contribution in [0.5, 0.6) is 17.2 Å². The molecule has 1 aliphatic heterocycles. The lowest BCUT2D eigenvalue weighted by Crippen LogP contribution is -3.05. The van der Waals surface area contributed by atoms with Crippen LogP contribution < -0.4 is 24.0 Å². The first-order valence-electron chi connectivity index (χ1n) is 9.57. The van der Waals surface area contributed by atoms with Gasteiger partial charge in [0.2, 0.25) is 6.79 Å². The summed E-state index contributed by atoms with van der Waals surface area (Å²) in [4.78, 5) is 20.7. The molecule has 0 unspecified atom stereocenters. The zero-order valence-corrected chi connectivity index (χ0v) is 17.3. The number of fused-ring (bicyclic) bond motifs is 2. The second-order valence-electron chi connectivity index (χ2n) is 7.13. The maximum atomic E-state index is 13.0. The summed E-state index contributed by atoms with van der Waals surface area (Å²) in [6.07, 6.45) is 0.873. The highest BCUT2D eigenvalue weighted by atomic mass is 32.1. The van der Waals surface area contributed by atoms with Gasteiger partial charge in [0, 0.05) is 25.1 Å². The molecule has 0 fully saturated rings. The number of para-hydroxylation sites is 1. The van der Waals surface area contributed by atoms with E-state index in [1.807, 2.05) is 42.5 Å². The Bertz CT molecular complexity index is 949. The Morgan fingerprint density at radius 1 is 1.21 bits per heavy atom. The lowest BCUT2D eigenvalue weighted by atomic mass is 10.3. The average Bonchev–Trinajstić information content (AvgIpc) is 3.33. The highest BCUT2D eigenvalue weighted by Crippen LogP contribution is 2.39. The molecule has 0 saturated heterocycles. The molecule has 0 spiro atoms. The number of anilines is 1. The first kappa shape index (κ1) is 19.5. The summed E-state index contributed by atoms with van der Waals surface area (Å²) in [7, 11) is 4.20. The van der Waals surface area contributed by atoms with Gasteiger partial charge in [-0.1, -0.05) is 29.5 Å². The second-order valence-corrected chi connectivity index (χ2v) is 8.14. The molecule has 2 heterocycles. The number of nitrogens with zero attached hydrogens (tertiary/aromatic N) is 2. The van der Waals surface area contributed by atoms with Gasteiger partial charge in [-0.25, -0.2) is 4.98 Å². The largest absolute Gasteiger partial charge is 0.484 e. The van der Waals surface area contributed by atoms with Crippen LogP contribution in [0.2, 0.25) is 0 Å². The fourth-order valence-corrected chi connectivity index (χ4v) is 4.10. The smallest absolute Gasteiger partial charge is 0.266 e. The molecule has 2 aromatic carbocycles. The molecule has 8 heteroatoms. The Labute approximate surface area is 173 Å². The van der Waals surface area contributed by atoms with Crippen LogP contribution in [0.25, 0.3) is 10.2 Å². The zero-order chi connectivity index (χ0) is 20.2. The Kier molecular flexibility index (Phi) is 5.82. The first-order chi connectivity index (χ1) is 14.1. The predicted octanol–water partition coefficient (Wildman–Crippen LogP) is 1.97. The van der Waals surface area contributed by atoms with Crippen molar-refractivity contribution in [1.82, 2.24) is 4.98 Å². The summed E-state index contributed by atoms with van der Waals surface area (Å²) >= 11 is 1.48. The van der Waals surface area contributed by atoms with Crippen LogP contribution in [0.1, 0.15) is 6.42 Å². The lowest BCUT2D eigenvalue weighted by molar-refractivity contribution is -0.858. The van der Waals surface area contributed by atoms with Gasteiger partial charge in [0.1, 0.15) is 5.75 Å².